The number of nitrogens with zero attached hydrogens (tertiary/aromatic N) is 3. The second-order valence-electron chi connectivity index (χ2n) is 8.14. The number of anilines is 1. The van der Waals surface area contributed by atoms with Crippen LogP contribution in [0.1, 0.15) is 25.0 Å². The Kier molecular flexibility index (Phi) is 18.2. The van der Waals surface area contributed by atoms with E-state index in [9.17, 15) is 9.18 Å². The van der Waals surface area contributed by atoms with Crippen molar-refractivity contribution in [1.82, 2.24) is 9.88 Å². The molecule has 3 aromatic rings. The Bertz CT molecular complexity index is 1230. The molecule has 1 fully saturated rings. The van der Waals surface area contributed by atoms with Gasteiger partial charge < -0.3 is 31.6 Å². The summed E-state index contributed by atoms with van der Waals surface area (Å²) in [4.78, 5) is 17.3. The average molecular weight is 630 g/mol. The van der Waals surface area contributed by atoms with Gasteiger partial charge in [-0.3, -0.25) is 4.98 Å². The minimum atomic E-state index is -0.714. The number of carbonyl (C=O) groups excluding carboxylic acids is 1. The first-order chi connectivity index (χ1) is 16.5. The molecule has 0 spiro atoms. The molecular formula is C28H31CsFN4NaO2. The summed E-state index contributed by atoms with van der Waals surface area (Å²) in [5.41, 5.74) is 1.89. The number of pyridine rings is 1. The Labute approximate surface area is 300 Å². The number of methoxy groups -OCH3 is 1. The molecule has 1 saturated heterocycles. The summed E-state index contributed by atoms with van der Waals surface area (Å²) in [6, 6.07) is 14.0. The molecule has 1 aromatic heterocycles. The smallest absolute Gasteiger partial charge is 0.495 e. The van der Waals surface area contributed by atoms with Gasteiger partial charge >= 0.3 is 98.5 Å². The standard InChI is InChI=1S/C21H15FN3O2.C6H13N.CH3.Cs.Na/c1-13(10-23)11-24-21-16-9-15(4-3-14(16)5-8-20(21)27-2)18-7-6-17(22)19(12-26)25-18;1-7-5-3-2-4-6-7;;;/h3-9,24H,1,11H2,2H3;2-6H2,1H3;1H3;;/q-1;;-1;2*+1. The van der Waals surface area contributed by atoms with Crippen LogP contribution in [-0.2, 0) is 4.79 Å². The summed E-state index contributed by atoms with van der Waals surface area (Å²) < 4.78 is 19.0. The van der Waals surface area contributed by atoms with Gasteiger partial charge in [0.05, 0.1) is 24.6 Å². The molecule has 37 heavy (non-hydrogen) atoms. The van der Waals surface area contributed by atoms with Gasteiger partial charge in [0.1, 0.15) is 5.75 Å². The van der Waals surface area contributed by atoms with Crippen molar-refractivity contribution in [3.8, 4) is 23.1 Å². The first-order valence-corrected chi connectivity index (χ1v) is 11.1. The zero-order valence-corrected chi connectivity index (χ0v) is 30.8. The van der Waals surface area contributed by atoms with E-state index in [4.69, 9.17) is 10.00 Å². The van der Waals surface area contributed by atoms with Gasteiger partial charge in [0.2, 0.25) is 0 Å². The minimum Gasteiger partial charge on any atom is -0.495 e. The van der Waals surface area contributed by atoms with Crippen LogP contribution >= 0.6 is 0 Å². The van der Waals surface area contributed by atoms with Gasteiger partial charge in [-0.1, -0.05) is 37.3 Å². The van der Waals surface area contributed by atoms with Gasteiger partial charge in [0.15, 0.2) is 0 Å². The van der Waals surface area contributed by atoms with E-state index in [0.29, 0.717) is 28.3 Å². The zero-order chi connectivity index (χ0) is 24.5. The van der Waals surface area contributed by atoms with Crippen molar-refractivity contribution in [3.05, 3.63) is 73.6 Å². The number of hydrogen-bond donors (Lipinski definition) is 1. The van der Waals surface area contributed by atoms with Gasteiger partial charge in [-0.2, -0.15) is 5.26 Å². The van der Waals surface area contributed by atoms with E-state index >= 15 is 0 Å². The number of hydrogen-bond acceptors (Lipinski definition) is 6. The van der Waals surface area contributed by atoms with E-state index in [1.54, 1.807) is 7.11 Å². The number of halogens is 1. The van der Waals surface area contributed by atoms with Crippen molar-refractivity contribution in [3.63, 3.8) is 0 Å². The van der Waals surface area contributed by atoms with Gasteiger partial charge in [-0.15, -0.1) is 6.07 Å². The molecule has 6 nitrogen and oxygen atoms in total. The molecule has 0 bridgehead atoms. The van der Waals surface area contributed by atoms with Gasteiger partial charge in [-0.05, 0) is 62.0 Å². The molecule has 9 heteroatoms. The van der Waals surface area contributed by atoms with Gasteiger partial charge in [-0.25, -0.2) is 0 Å². The van der Waals surface area contributed by atoms with Crippen LogP contribution < -0.4 is 109 Å². The molecule has 0 atom stereocenters. The molecule has 1 aliphatic heterocycles. The summed E-state index contributed by atoms with van der Waals surface area (Å²) >= 11 is 0. The third-order valence-corrected chi connectivity index (χ3v) is 5.66. The number of fused-ring (bicyclic) bond motifs is 1. The molecule has 1 N–H and O–H groups in total. The number of likely N-dealkylation sites (tertiary alicyclic amines) is 1. The Hall–Kier alpha value is -0.708. The monoisotopic (exact) mass is 630 g/mol. The second-order valence-corrected chi connectivity index (χ2v) is 8.14. The molecule has 2 aromatic carbocycles. The molecule has 4 rings (SSSR count). The van der Waals surface area contributed by atoms with Crippen LogP contribution in [0.3, 0.4) is 0 Å². The third kappa shape index (κ3) is 10.4. The van der Waals surface area contributed by atoms with Gasteiger partial charge in [0, 0.05) is 29.4 Å². The number of benzene rings is 2. The summed E-state index contributed by atoms with van der Waals surface area (Å²) in [6.45, 7) is 6.58. The Morgan fingerprint density at radius 3 is 2.46 bits per heavy atom. The molecule has 0 aliphatic carbocycles. The van der Waals surface area contributed by atoms with Crippen molar-refractivity contribution in [2.45, 2.75) is 19.3 Å². The molecule has 184 valence electrons. The molecule has 0 saturated carbocycles. The fourth-order valence-electron chi connectivity index (χ4n) is 3.77. The Morgan fingerprint density at radius 2 is 1.89 bits per heavy atom. The number of ether oxygens (including phenoxy) is 1. The number of piperidine rings is 1. The van der Waals surface area contributed by atoms with Crippen LogP contribution in [0.15, 0.2) is 54.6 Å². The molecular weight excluding hydrogens is 599 g/mol. The average Bonchev–Trinajstić information content (AvgIpc) is 2.87. The maximum absolute atomic E-state index is 13.5. The molecule has 0 unspecified atom stereocenters. The van der Waals surface area contributed by atoms with Gasteiger partial charge in [0.25, 0.3) is 0 Å². The van der Waals surface area contributed by atoms with Crippen LogP contribution in [0.5, 0.6) is 5.75 Å². The minimum absolute atomic E-state index is 0. The molecule has 0 amide bonds. The van der Waals surface area contributed by atoms with Crippen LogP contribution in [-0.4, -0.2) is 50.0 Å². The van der Waals surface area contributed by atoms with Crippen LogP contribution in [0.4, 0.5) is 10.1 Å². The van der Waals surface area contributed by atoms with Crippen molar-refractivity contribution in [2.24, 2.45) is 0 Å². The first-order valence-electron chi connectivity index (χ1n) is 11.1. The predicted molar refractivity (Wildman–Crippen MR) is 139 cm³/mol. The summed E-state index contributed by atoms with van der Waals surface area (Å²) in [5.74, 6) is -0.104. The van der Waals surface area contributed by atoms with Crippen molar-refractivity contribution in [2.75, 3.05) is 39.1 Å². The third-order valence-electron chi connectivity index (χ3n) is 5.66. The molecule has 2 heterocycles. The number of nitriles is 1. The van der Waals surface area contributed by atoms with Crippen LogP contribution in [0.2, 0.25) is 0 Å². The maximum atomic E-state index is 13.5. The summed E-state index contributed by atoms with van der Waals surface area (Å²) in [6.07, 6.45) is 5.78. The largest absolute Gasteiger partial charge is 1.00 e. The Balaban J connectivity index is 0.00000113. The van der Waals surface area contributed by atoms with Crippen molar-refractivity contribution >= 4 is 22.7 Å². The van der Waals surface area contributed by atoms with Crippen LogP contribution in [0, 0.1) is 24.6 Å². The number of nitrogens with one attached hydrogen (secondary N) is 1. The summed E-state index contributed by atoms with van der Waals surface area (Å²) in [5, 5.41) is 13.9. The van der Waals surface area contributed by atoms with E-state index in [1.807, 2.05) is 36.4 Å². The fraction of sp³-hybridized carbons (Fsp3) is 0.286. The van der Waals surface area contributed by atoms with Crippen molar-refractivity contribution < 1.29 is 112 Å². The van der Waals surface area contributed by atoms with E-state index in [-0.39, 0.29) is 118 Å². The summed E-state index contributed by atoms with van der Waals surface area (Å²) in [7, 11) is 3.75. The Morgan fingerprint density at radius 1 is 1.22 bits per heavy atom. The molecule has 0 radical (unpaired) electrons. The number of aromatic nitrogens is 1. The van der Waals surface area contributed by atoms with Crippen molar-refractivity contribution in [1.29, 1.82) is 5.26 Å². The predicted octanol–water partition coefficient (Wildman–Crippen LogP) is -0.441. The van der Waals surface area contributed by atoms with Crippen LogP contribution in [0.25, 0.3) is 22.0 Å². The van der Waals surface area contributed by atoms with E-state index in [1.165, 1.54) is 50.8 Å². The van der Waals surface area contributed by atoms with E-state index in [0.717, 1.165) is 10.8 Å². The normalized spacial score (nSPS) is 12.3. The number of rotatable bonds is 6. The topological polar surface area (TPSA) is 78.2 Å². The first kappa shape index (κ1) is 36.3. The molecule has 1 aliphatic rings. The maximum Gasteiger partial charge on any atom is 1.00 e. The van der Waals surface area contributed by atoms with E-state index in [2.05, 4.69) is 28.8 Å². The fourth-order valence-corrected chi connectivity index (χ4v) is 3.77. The second kappa shape index (κ2) is 18.6. The zero-order valence-electron chi connectivity index (χ0n) is 22.5. The SMILES string of the molecule is C=C(C#N)CNc1c(OC)ccc2ccc(-c3ccc(F)c([C-]=O)n3)cc12.CN1CCCCC1.[CH3-].[Cs+].[Na+]. The van der Waals surface area contributed by atoms with E-state index < -0.39 is 5.82 Å². The quantitative estimate of drug-likeness (QED) is 0.226.